The predicted octanol–water partition coefficient (Wildman–Crippen LogP) is 44.3. The maximum absolute atomic E-state index is 5.59. The van der Waals surface area contributed by atoms with Crippen molar-refractivity contribution >= 4 is 56.9 Å². The molecule has 0 radical (unpaired) electrons. The van der Waals surface area contributed by atoms with Gasteiger partial charge >= 0.3 is 0 Å². The van der Waals surface area contributed by atoms with Crippen LogP contribution in [0.3, 0.4) is 0 Å². The molecule has 0 N–H and O–H groups in total. The number of thiazole rings is 1. The molecule has 0 spiro atoms. The van der Waals surface area contributed by atoms with Crippen LogP contribution in [0.4, 0.5) is 0 Å². The van der Waals surface area contributed by atoms with Gasteiger partial charge in [0.25, 0.3) is 0 Å². The second kappa shape index (κ2) is 84.5. The Kier molecular flexibility index (Phi) is 98.5. The molecule has 22 heteroatoms. The van der Waals surface area contributed by atoms with Crippen LogP contribution in [0, 0.1) is 50.2 Å². The first-order valence-electron chi connectivity index (χ1n) is 54.2. The van der Waals surface area contributed by atoms with Gasteiger partial charge in [0.05, 0.1) is 23.7 Å². The van der Waals surface area contributed by atoms with Gasteiger partial charge in [-0.05, 0) is 96.8 Å². The normalized spacial score (nSPS) is 11.2. The minimum atomic E-state index is -0.0590. The summed E-state index contributed by atoms with van der Waals surface area (Å²) in [5, 5.41) is 41.9. The van der Waals surface area contributed by atoms with Gasteiger partial charge in [-0.1, -0.05) is 543 Å². The van der Waals surface area contributed by atoms with Gasteiger partial charge in [-0.25, -0.2) is 15.0 Å². The molecule has 0 atom stereocenters. The third-order valence-electron chi connectivity index (χ3n) is 11.6. The van der Waals surface area contributed by atoms with Gasteiger partial charge in [0.2, 0.25) is 17.7 Å². The van der Waals surface area contributed by atoms with E-state index in [0.29, 0.717) is 50.2 Å². The van der Waals surface area contributed by atoms with E-state index >= 15 is 0 Å². The number of oxazole rings is 1. The maximum atomic E-state index is 5.59. The van der Waals surface area contributed by atoms with E-state index in [1.807, 2.05) is 152 Å². The highest BCUT2D eigenvalue weighted by atomic mass is 32.1. The van der Waals surface area contributed by atoms with E-state index in [1.54, 1.807) is 64.1 Å². The number of rotatable bonds is 0. The first-order chi connectivity index (χ1) is 65.2. The van der Waals surface area contributed by atoms with E-state index in [-0.39, 0.29) is 59.6 Å². The fourth-order valence-corrected chi connectivity index (χ4v) is 9.78. The maximum Gasteiger partial charge on any atom is 0.232 e. The highest BCUT2D eigenvalue weighted by Gasteiger charge is 2.31. The predicted molar refractivity (Wildman–Crippen MR) is 670 cm³/mol. The van der Waals surface area contributed by atoms with Gasteiger partial charge < -0.3 is 22.3 Å². The topological polar surface area (TPSA) is 212 Å². The van der Waals surface area contributed by atoms with Crippen molar-refractivity contribution in [3.63, 3.8) is 0 Å². The van der Waals surface area contributed by atoms with Crippen LogP contribution in [-0.4, -0.2) is 64.6 Å². The molecule has 0 aromatic carbocycles. The molecule has 0 saturated carbocycles. The second-order valence-corrected chi connectivity index (χ2v) is 61.4. The number of hydrogen-bond donors (Lipinski definition) is 0. The van der Waals surface area contributed by atoms with Crippen molar-refractivity contribution in [1.82, 2.24) is 64.6 Å². The van der Waals surface area contributed by atoms with Crippen LogP contribution in [0.15, 0.2) is 120 Å². The minimum absolute atomic E-state index is 0.0347. The largest absolute Gasteiger partial charge is 0.473 e. The first-order valence-corrected chi connectivity index (χ1v) is 58.4. The first kappa shape index (κ1) is 171. The number of aryl methyl sites for hydroxylation is 1. The molecule has 0 aliphatic carbocycles. The molecule has 10 aromatic rings. The van der Waals surface area contributed by atoms with E-state index in [4.69, 9.17) is 8.94 Å². The van der Waals surface area contributed by atoms with E-state index in [9.17, 15) is 0 Å². The molecule has 17 nitrogen and oxygen atoms in total. The molecule has 0 saturated heterocycles. The van der Waals surface area contributed by atoms with Crippen molar-refractivity contribution in [1.29, 1.82) is 0 Å². The van der Waals surface area contributed by atoms with Crippen LogP contribution in [-0.2, 0) is 66.6 Å². The van der Waals surface area contributed by atoms with Gasteiger partial charge in [0.15, 0.2) is 12.2 Å². The smallest absolute Gasteiger partial charge is 0.232 e. The lowest BCUT2D eigenvalue weighted by molar-refractivity contribution is 0.314. The number of furan rings is 1. The summed E-state index contributed by atoms with van der Waals surface area (Å²) in [4.78, 5) is 16.7. The third-order valence-corrected chi connectivity index (χ3v) is 18.1. The third kappa shape index (κ3) is 149. The second-order valence-electron chi connectivity index (χ2n) is 57.0. The lowest BCUT2D eigenvalue weighted by atomic mass is 9.94. The van der Waals surface area contributed by atoms with Crippen LogP contribution >= 0.6 is 56.9 Å². The fourth-order valence-electron chi connectivity index (χ4n) is 5.80. The van der Waals surface area contributed by atoms with E-state index in [0.717, 1.165) is 54.4 Å². The average Bonchev–Trinajstić information content (AvgIpc) is 1.71. The minimum Gasteiger partial charge on any atom is -0.473 e. The SMILES string of the molecule is CC.CC.CC.CC.CC.CC(C)(C)C.CC(C)(C)C.CC(C)(C)C.CC(C)(C)C.CC(C)(C)C.CC(C)(C)C.CC(C)(C)c1nccs1.CC(C)(C)c1nnc(C(C)(C)C)o1.CC(C)(C)c1nnc(C(C)(C)C)s1.CC(C)(C)c1nnc(C(C)(C)C)s1.CC(C)(C)c1noc(C(C)(C)C)n1.CC(C)(C)c1nsc(C(C)(C)C)n1.CC(C)C.CC(C)C.CC(C)C.Cn1cccc1.c1ccoc1.c1ccsc1.c1cocn1. The number of hydrogen-bond acceptors (Lipinski definition) is 21. The zero-order chi connectivity index (χ0) is 121. The Morgan fingerprint density at radius 1 is 0.265 bits per heavy atom. The van der Waals surface area contributed by atoms with Crippen LogP contribution in [0.2, 0.25) is 0 Å². The molecule has 870 valence electrons. The van der Waals surface area contributed by atoms with Crippen molar-refractivity contribution in [2.45, 2.75) is 586 Å². The van der Waals surface area contributed by atoms with Crippen molar-refractivity contribution < 1.29 is 17.8 Å². The van der Waals surface area contributed by atoms with Gasteiger partial charge in [-0.3, -0.25) is 0 Å². The van der Waals surface area contributed by atoms with Crippen LogP contribution in [0.1, 0.15) is 586 Å². The van der Waals surface area contributed by atoms with Crippen molar-refractivity contribution in [2.75, 3.05) is 0 Å². The standard InChI is InChI=1S/2C10H18N2O.3C10H18N2S.C7H11NS.C5H7N.6C5H12.C4H4O.C4H4S.3C4H10.C3H3NO.5C2H6/c1-9(2,3)7-11-12-8(13-7)10(4,5)6;1-9(2,3)7-11-8(13-12-7)10(4,5)6;2*1-9(2,3)7-11-12-8(13-7)10(4,5)6;1-9(2,3)7-11-8(13-12-7)10(4,5)6;1-7(2,3)6-8-4-5-9-6;1-6-4-2-3-5-6;6*1-5(2,3)4;2*1-2-4-5-3-1;3*1-4(2)3;1-2-5-3-4-1;5*1-2/h5*1-6H3;4-5H,1-3H3;2-5H,1H3;6*1-4H3;2*1-4H;3*4H,1-3H3;1-3H;5*1-2H3. The Hall–Kier alpha value is -5.94. The number of nitrogens with zero attached hydrogens (tertiary/aromatic N) is 13. The lowest BCUT2D eigenvalue weighted by Crippen LogP contribution is -2.15. The highest BCUT2D eigenvalue weighted by molar-refractivity contribution is 7.12. The van der Waals surface area contributed by atoms with Gasteiger partial charge in [-0.2, -0.15) is 20.7 Å². The summed E-state index contributed by atoms with van der Waals surface area (Å²) in [6.07, 6.45) is 13.6. The molecule has 10 aromatic heterocycles. The monoisotopic (exact) mass is 2160 g/mol. The molecule has 0 fully saturated rings. The molecule has 0 bridgehead atoms. The zero-order valence-electron chi connectivity index (χ0n) is 112. The Morgan fingerprint density at radius 3 is 0.633 bits per heavy atom. The summed E-state index contributed by atoms with van der Waals surface area (Å²) in [7, 11) is 2.00. The Morgan fingerprint density at radius 2 is 0.524 bits per heavy atom. The molecule has 0 aliphatic rings. The van der Waals surface area contributed by atoms with Crippen molar-refractivity contribution in [2.24, 2.45) is 57.3 Å². The summed E-state index contributed by atoms with van der Waals surface area (Å²) >= 11 is 8.40. The number of aromatic nitrogens is 13. The molecule has 0 amide bonds. The zero-order valence-corrected chi connectivity index (χ0v) is 116. The fraction of sp³-hybridized carbons (Fsp3) is 0.776. The van der Waals surface area contributed by atoms with Gasteiger partial charge in [-0.15, -0.1) is 64.6 Å². The van der Waals surface area contributed by atoms with Crippen LogP contribution in [0.25, 0.3) is 0 Å². The molecular weight excluding hydrogens is 1910 g/mol. The Balaban J connectivity index is -0.000000107. The van der Waals surface area contributed by atoms with E-state index in [1.165, 1.54) is 29.2 Å². The molecule has 10 heterocycles. The van der Waals surface area contributed by atoms with Crippen molar-refractivity contribution in [3.05, 3.63) is 162 Å². The summed E-state index contributed by atoms with van der Waals surface area (Å²) in [5.41, 5.74) is 3.72. The summed E-state index contributed by atoms with van der Waals surface area (Å²) < 4.78 is 26.2. The van der Waals surface area contributed by atoms with Crippen LogP contribution < -0.4 is 0 Å². The summed E-state index contributed by atoms with van der Waals surface area (Å²) in [6, 6.07) is 11.7. The van der Waals surface area contributed by atoms with Gasteiger partial charge in [0.1, 0.15) is 37.1 Å². The molecule has 0 aliphatic heterocycles. The molecular formula is C125H251N13O4S5. The average molecular weight is 2160 g/mol. The lowest BCUT2D eigenvalue weighted by Gasteiger charge is -2.15. The summed E-state index contributed by atoms with van der Waals surface area (Å²) in [5.74, 6) is 6.35. The van der Waals surface area contributed by atoms with Crippen molar-refractivity contribution in [3.8, 4) is 0 Å². The molecule has 10 rings (SSSR count). The van der Waals surface area contributed by atoms with Crippen LogP contribution in [0.5, 0.6) is 0 Å². The summed E-state index contributed by atoms with van der Waals surface area (Å²) in [6.45, 7) is 162. The van der Waals surface area contributed by atoms with Gasteiger partial charge in [0, 0.05) is 90.6 Å². The number of thiophene rings is 1. The van der Waals surface area contributed by atoms with E-state index < -0.39 is 0 Å². The van der Waals surface area contributed by atoms with E-state index in [2.05, 4.69) is 526 Å². The molecule has 147 heavy (non-hydrogen) atoms. The quantitative estimate of drug-likeness (QED) is 0.138. The Bertz CT molecular complexity index is 3510. The molecule has 0 unspecified atom stereocenters. The highest BCUT2D eigenvalue weighted by Crippen LogP contribution is 2.35. The Labute approximate surface area is 937 Å².